The zero-order valence-corrected chi connectivity index (χ0v) is 20.1. The number of hydrogen-bond acceptors (Lipinski definition) is 8. The number of aromatic nitrogens is 6. The molecule has 3 fully saturated rings. The van der Waals surface area contributed by atoms with Crippen molar-refractivity contribution in [1.82, 2.24) is 29.7 Å². The van der Waals surface area contributed by atoms with Crippen LogP contribution in [0, 0.1) is 41.9 Å². The molecule has 0 amide bonds. The highest BCUT2D eigenvalue weighted by atomic mass is 16.5. The maximum absolute atomic E-state index is 9.37. The maximum atomic E-state index is 9.37. The number of benzene rings is 1. The van der Waals surface area contributed by atoms with Crippen molar-refractivity contribution in [2.45, 2.75) is 38.6 Å². The standard InChI is InChI=1S/C26H23N9O/c1-15-9-17(5-4-7-27)10-16(2)20(15)36-23-19-22(30-21(29-19)18-6-8-35(3)34-18)31-24(32-23)33-26-11-25(12-26,13-26)14-28/h4-6,8-10H,11-13H2,1-3H3,(H2,29,30,31,32,33)/b5-4+. The number of allylic oxidation sites excluding steroid dienone is 1. The second-order valence-corrected chi connectivity index (χ2v) is 9.89. The molecule has 0 spiro atoms. The summed E-state index contributed by atoms with van der Waals surface area (Å²) in [6.45, 7) is 3.91. The number of anilines is 1. The highest BCUT2D eigenvalue weighted by Gasteiger charge is 2.69. The van der Waals surface area contributed by atoms with Crippen molar-refractivity contribution in [3.05, 3.63) is 47.2 Å². The molecule has 2 N–H and O–H groups in total. The van der Waals surface area contributed by atoms with Gasteiger partial charge in [0.1, 0.15) is 17.0 Å². The fourth-order valence-electron chi connectivity index (χ4n) is 5.41. The van der Waals surface area contributed by atoms with Gasteiger partial charge in [0, 0.05) is 24.9 Å². The van der Waals surface area contributed by atoms with E-state index < -0.39 is 0 Å². The number of nitrogens with one attached hydrogen (secondary N) is 2. The minimum Gasteiger partial charge on any atom is -0.436 e. The predicted octanol–water partition coefficient (Wildman–Crippen LogP) is 4.56. The molecule has 0 unspecified atom stereocenters. The first-order valence-corrected chi connectivity index (χ1v) is 11.6. The molecule has 3 saturated carbocycles. The number of nitrogens with zero attached hydrogens (tertiary/aromatic N) is 7. The second kappa shape index (κ2) is 7.65. The average Bonchev–Trinajstić information content (AvgIpc) is 3.42. The predicted molar refractivity (Wildman–Crippen MR) is 133 cm³/mol. The Hall–Kier alpha value is -4.70. The number of fused-ring (bicyclic) bond motifs is 1. The van der Waals surface area contributed by atoms with Crippen molar-refractivity contribution in [3.8, 4) is 35.3 Å². The van der Waals surface area contributed by atoms with Crippen LogP contribution >= 0.6 is 0 Å². The van der Waals surface area contributed by atoms with E-state index in [1.165, 1.54) is 6.08 Å². The molecule has 10 nitrogen and oxygen atoms in total. The lowest BCUT2D eigenvalue weighted by Gasteiger charge is -2.66. The third-order valence-corrected chi connectivity index (χ3v) is 6.95. The average molecular weight is 478 g/mol. The third-order valence-electron chi connectivity index (χ3n) is 6.95. The molecule has 2 bridgehead atoms. The number of imidazole rings is 1. The lowest BCUT2D eigenvalue weighted by Crippen LogP contribution is -2.70. The summed E-state index contributed by atoms with van der Waals surface area (Å²) in [5, 5.41) is 26.1. The van der Waals surface area contributed by atoms with E-state index in [1.54, 1.807) is 10.8 Å². The quantitative estimate of drug-likeness (QED) is 0.385. The molecule has 0 aliphatic heterocycles. The van der Waals surface area contributed by atoms with Gasteiger partial charge in [-0.25, -0.2) is 4.98 Å². The molecular formula is C26H23N9O. The summed E-state index contributed by atoms with van der Waals surface area (Å²) in [4.78, 5) is 17.3. The number of aryl methyl sites for hydroxylation is 3. The fraction of sp³-hybridized carbons (Fsp3) is 0.308. The van der Waals surface area contributed by atoms with Gasteiger partial charge in [-0.05, 0) is 74.1 Å². The zero-order chi connectivity index (χ0) is 25.1. The van der Waals surface area contributed by atoms with Crippen LogP contribution in [0.15, 0.2) is 30.5 Å². The van der Waals surface area contributed by atoms with E-state index in [4.69, 9.17) is 15.0 Å². The van der Waals surface area contributed by atoms with Gasteiger partial charge in [-0.15, -0.1) is 0 Å². The van der Waals surface area contributed by atoms with Crippen molar-refractivity contribution in [2.75, 3.05) is 5.32 Å². The van der Waals surface area contributed by atoms with Crippen LogP contribution in [0.2, 0.25) is 0 Å². The van der Waals surface area contributed by atoms with Crippen LogP contribution in [0.3, 0.4) is 0 Å². The topological polar surface area (TPSA) is 141 Å². The van der Waals surface area contributed by atoms with Crippen LogP contribution in [0.1, 0.15) is 36.0 Å². The van der Waals surface area contributed by atoms with E-state index in [0.29, 0.717) is 40.3 Å². The molecule has 3 heterocycles. The Labute approximate surface area is 207 Å². The summed E-state index contributed by atoms with van der Waals surface area (Å²) in [5.41, 5.74) is 4.14. The number of H-pyrrole nitrogens is 1. The Morgan fingerprint density at radius 3 is 2.53 bits per heavy atom. The van der Waals surface area contributed by atoms with Crippen LogP contribution in [-0.4, -0.2) is 35.3 Å². The van der Waals surface area contributed by atoms with Crippen molar-refractivity contribution in [2.24, 2.45) is 12.5 Å². The van der Waals surface area contributed by atoms with Gasteiger partial charge < -0.3 is 15.0 Å². The Kier molecular flexibility index (Phi) is 4.64. The molecule has 10 heteroatoms. The maximum Gasteiger partial charge on any atom is 0.250 e. The molecule has 178 valence electrons. The van der Waals surface area contributed by atoms with Gasteiger partial charge in [0.2, 0.25) is 5.95 Å². The lowest BCUT2D eigenvalue weighted by molar-refractivity contribution is -0.0665. The van der Waals surface area contributed by atoms with Gasteiger partial charge in [0.05, 0.1) is 17.6 Å². The summed E-state index contributed by atoms with van der Waals surface area (Å²) in [6, 6.07) is 10.2. The van der Waals surface area contributed by atoms with Crippen LogP contribution in [-0.2, 0) is 7.05 Å². The monoisotopic (exact) mass is 477 g/mol. The van der Waals surface area contributed by atoms with Gasteiger partial charge >= 0.3 is 0 Å². The summed E-state index contributed by atoms with van der Waals surface area (Å²) in [5.74, 6) is 2.02. The first kappa shape index (κ1) is 21.8. The van der Waals surface area contributed by atoms with Crippen LogP contribution in [0.5, 0.6) is 11.6 Å². The second-order valence-electron chi connectivity index (χ2n) is 9.89. The molecule has 3 aliphatic rings. The van der Waals surface area contributed by atoms with E-state index in [0.717, 1.165) is 36.0 Å². The molecule has 36 heavy (non-hydrogen) atoms. The largest absolute Gasteiger partial charge is 0.436 e. The first-order valence-electron chi connectivity index (χ1n) is 11.6. The third kappa shape index (κ3) is 3.46. The first-order chi connectivity index (χ1) is 17.3. The Balaban J connectivity index is 1.40. The molecule has 0 radical (unpaired) electrons. The minimum absolute atomic E-state index is 0.138. The van der Waals surface area contributed by atoms with E-state index in [-0.39, 0.29) is 11.0 Å². The highest BCUT2D eigenvalue weighted by molar-refractivity contribution is 5.81. The van der Waals surface area contributed by atoms with Crippen molar-refractivity contribution >= 4 is 23.2 Å². The Morgan fingerprint density at radius 1 is 1.14 bits per heavy atom. The van der Waals surface area contributed by atoms with E-state index in [2.05, 4.69) is 31.4 Å². The SMILES string of the molecule is Cc1cc(/C=C/C#N)cc(C)c1Oc1nc(NC23CC(C#N)(C2)C3)nc2nc(-c3ccn(C)n3)[nH]c12. The lowest BCUT2D eigenvalue weighted by atomic mass is 9.40. The Bertz CT molecular complexity index is 1600. The summed E-state index contributed by atoms with van der Waals surface area (Å²) in [7, 11) is 1.85. The summed E-state index contributed by atoms with van der Waals surface area (Å²) in [6.07, 6.45) is 7.45. The molecule has 3 aliphatic carbocycles. The van der Waals surface area contributed by atoms with Crippen molar-refractivity contribution < 1.29 is 4.74 Å². The number of aromatic amines is 1. The van der Waals surface area contributed by atoms with Gasteiger partial charge in [0.25, 0.3) is 5.88 Å². The van der Waals surface area contributed by atoms with E-state index in [9.17, 15) is 5.26 Å². The molecule has 4 aromatic rings. The van der Waals surface area contributed by atoms with Gasteiger partial charge in [-0.2, -0.15) is 25.6 Å². The fourth-order valence-corrected chi connectivity index (χ4v) is 5.41. The van der Waals surface area contributed by atoms with Crippen LogP contribution in [0.4, 0.5) is 5.95 Å². The molecule has 7 rings (SSSR count). The molecule has 3 aromatic heterocycles. The molecular weight excluding hydrogens is 454 g/mol. The number of nitriles is 2. The van der Waals surface area contributed by atoms with E-state index in [1.807, 2.05) is 51.4 Å². The number of ether oxygens (including phenoxy) is 1. The molecule has 1 aromatic carbocycles. The van der Waals surface area contributed by atoms with E-state index >= 15 is 0 Å². The molecule has 0 saturated heterocycles. The van der Waals surface area contributed by atoms with Gasteiger partial charge in [-0.3, -0.25) is 4.68 Å². The van der Waals surface area contributed by atoms with Crippen LogP contribution < -0.4 is 10.1 Å². The van der Waals surface area contributed by atoms with Crippen molar-refractivity contribution in [3.63, 3.8) is 0 Å². The Morgan fingerprint density at radius 2 is 1.89 bits per heavy atom. The van der Waals surface area contributed by atoms with Gasteiger partial charge in [0.15, 0.2) is 11.5 Å². The summed E-state index contributed by atoms with van der Waals surface area (Å²) >= 11 is 0. The minimum atomic E-state index is -0.190. The van der Waals surface area contributed by atoms with Gasteiger partial charge in [-0.1, -0.05) is 0 Å². The number of rotatable bonds is 6. The van der Waals surface area contributed by atoms with Crippen LogP contribution in [0.25, 0.3) is 28.8 Å². The number of hydrogen-bond donors (Lipinski definition) is 2. The smallest absolute Gasteiger partial charge is 0.250 e. The zero-order valence-electron chi connectivity index (χ0n) is 20.1. The highest BCUT2D eigenvalue weighted by Crippen LogP contribution is 2.67. The normalized spacial score (nSPS) is 22.0. The summed E-state index contributed by atoms with van der Waals surface area (Å²) < 4.78 is 8.11. The molecule has 0 atom stereocenters. The van der Waals surface area contributed by atoms with Crippen molar-refractivity contribution in [1.29, 1.82) is 10.5 Å².